The molecule has 0 amide bonds. The number of hydrogen-bond acceptors (Lipinski definition) is 6. The highest BCUT2D eigenvalue weighted by Gasteiger charge is 2.26. The van der Waals surface area contributed by atoms with Crippen molar-refractivity contribution in [2.75, 3.05) is 35.0 Å². The fourth-order valence-electron chi connectivity index (χ4n) is 4.52. The molecule has 0 radical (unpaired) electrons. The normalized spacial score (nSPS) is 16.1. The molecular weight excluding hydrogens is 384 g/mol. The zero-order chi connectivity index (χ0) is 21.3. The molecular formula is C23H26N2O5. The largest absolute Gasteiger partial charge is 0.493 e. The first-order chi connectivity index (χ1) is 14.6. The average molecular weight is 410 g/mol. The number of benzene rings is 3. The molecule has 158 valence electrons. The maximum atomic E-state index is 11.2. The van der Waals surface area contributed by atoms with Crippen LogP contribution < -0.4 is 18.9 Å². The van der Waals surface area contributed by atoms with Gasteiger partial charge in [0, 0.05) is 11.9 Å². The third-order valence-corrected chi connectivity index (χ3v) is 5.95. The molecule has 0 aliphatic carbocycles. The average Bonchev–Trinajstić information content (AvgIpc) is 3.24. The molecule has 1 saturated heterocycles. The van der Waals surface area contributed by atoms with E-state index in [1.54, 1.807) is 33.4 Å². The summed E-state index contributed by atoms with van der Waals surface area (Å²) in [6, 6.07) is 10.2. The van der Waals surface area contributed by atoms with E-state index < -0.39 is 0 Å². The quantitative estimate of drug-likeness (QED) is 0.415. The van der Waals surface area contributed by atoms with Crippen molar-refractivity contribution in [2.24, 2.45) is 5.29 Å². The van der Waals surface area contributed by atoms with E-state index in [4.69, 9.17) is 18.9 Å². The third-order valence-electron chi connectivity index (χ3n) is 5.95. The summed E-state index contributed by atoms with van der Waals surface area (Å²) in [5, 5.41) is 8.88. The monoisotopic (exact) mass is 410 g/mol. The topological polar surface area (TPSA) is 69.6 Å². The van der Waals surface area contributed by atoms with Crippen LogP contribution in [0.25, 0.3) is 21.5 Å². The first-order valence-electron chi connectivity index (χ1n) is 9.97. The van der Waals surface area contributed by atoms with E-state index in [9.17, 15) is 4.91 Å². The van der Waals surface area contributed by atoms with E-state index in [0.29, 0.717) is 29.5 Å². The van der Waals surface area contributed by atoms with Crippen LogP contribution in [-0.4, -0.2) is 46.0 Å². The SMILES string of the molecule is COc1cc2c(CC3CCCN3N=O)cc3ccc(OC)c(OC)c3c2cc1OC. The second-order valence-electron chi connectivity index (χ2n) is 7.43. The Balaban J connectivity index is 2.02. The van der Waals surface area contributed by atoms with Gasteiger partial charge in [-0.05, 0) is 59.2 Å². The molecule has 0 aromatic heterocycles. The molecule has 1 aliphatic rings. The van der Waals surface area contributed by atoms with Crippen LogP contribution in [0, 0.1) is 4.91 Å². The highest BCUT2D eigenvalue weighted by molar-refractivity contribution is 6.13. The highest BCUT2D eigenvalue weighted by atomic mass is 16.5. The summed E-state index contributed by atoms with van der Waals surface area (Å²) in [6.45, 7) is 0.710. The number of fused-ring (bicyclic) bond motifs is 3. The van der Waals surface area contributed by atoms with Gasteiger partial charge in [0.1, 0.15) is 0 Å². The van der Waals surface area contributed by atoms with Crippen molar-refractivity contribution in [1.82, 2.24) is 5.01 Å². The van der Waals surface area contributed by atoms with Gasteiger partial charge in [0.25, 0.3) is 0 Å². The fourth-order valence-corrected chi connectivity index (χ4v) is 4.52. The van der Waals surface area contributed by atoms with Crippen molar-refractivity contribution in [3.05, 3.63) is 40.8 Å². The Morgan fingerprint density at radius 2 is 1.63 bits per heavy atom. The zero-order valence-corrected chi connectivity index (χ0v) is 17.7. The fraction of sp³-hybridized carbons (Fsp3) is 0.391. The molecule has 0 spiro atoms. The number of hydrogen-bond donors (Lipinski definition) is 0. The van der Waals surface area contributed by atoms with Gasteiger partial charge >= 0.3 is 0 Å². The summed E-state index contributed by atoms with van der Waals surface area (Å²) in [7, 11) is 6.53. The molecule has 0 bridgehead atoms. The number of ether oxygens (including phenoxy) is 4. The van der Waals surface area contributed by atoms with Crippen molar-refractivity contribution in [3.8, 4) is 23.0 Å². The van der Waals surface area contributed by atoms with Crippen LogP contribution in [0.3, 0.4) is 0 Å². The molecule has 7 heteroatoms. The van der Waals surface area contributed by atoms with E-state index in [0.717, 1.165) is 46.4 Å². The minimum Gasteiger partial charge on any atom is -0.493 e. The lowest BCUT2D eigenvalue weighted by Gasteiger charge is -2.21. The summed E-state index contributed by atoms with van der Waals surface area (Å²) in [5.41, 5.74) is 1.13. The second kappa shape index (κ2) is 8.26. The van der Waals surface area contributed by atoms with Gasteiger partial charge in [0.15, 0.2) is 23.0 Å². The van der Waals surface area contributed by atoms with Crippen molar-refractivity contribution in [3.63, 3.8) is 0 Å². The number of rotatable bonds is 7. The summed E-state index contributed by atoms with van der Waals surface area (Å²) in [5.74, 6) is 2.64. The predicted molar refractivity (Wildman–Crippen MR) is 117 cm³/mol. The van der Waals surface area contributed by atoms with Gasteiger partial charge in [0.05, 0.1) is 39.8 Å². The highest BCUT2D eigenvalue weighted by Crippen LogP contribution is 2.44. The molecule has 1 atom stereocenters. The standard InChI is InChI=1S/C23H26N2O5/c1-27-19-8-7-14-10-15(11-16-6-5-9-25(16)24-26)17-12-20(28-2)21(29-3)13-18(17)22(14)23(19)30-4/h7-8,10,12-13,16H,5-6,9,11H2,1-4H3. The maximum absolute atomic E-state index is 11.2. The van der Waals surface area contributed by atoms with E-state index in [1.165, 1.54) is 0 Å². The molecule has 1 fully saturated rings. The second-order valence-corrected chi connectivity index (χ2v) is 7.43. The molecule has 30 heavy (non-hydrogen) atoms. The van der Waals surface area contributed by atoms with Gasteiger partial charge in [-0.2, -0.15) is 0 Å². The minimum atomic E-state index is 0.0939. The van der Waals surface area contributed by atoms with Gasteiger partial charge in [-0.1, -0.05) is 12.1 Å². The summed E-state index contributed by atoms with van der Waals surface area (Å²) in [6.07, 6.45) is 2.65. The van der Waals surface area contributed by atoms with Gasteiger partial charge < -0.3 is 18.9 Å². The van der Waals surface area contributed by atoms with Crippen LogP contribution >= 0.6 is 0 Å². The van der Waals surface area contributed by atoms with Crippen molar-refractivity contribution in [2.45, 2.75) is 25.3 Å². The molecule has 3 aromatic rings. The van der Waals surface area contributed by atoms with Gasteiger partial charge in [-0.3, -0.25) is 5.01 Å². The molecule has 4 rings (SSSR count). The first-order valence-corrected chi connectivity index (χ1v) is 9.97. The summed E-state index contributed by atoms with van der Waals surface area (Å²) >= 11 is 0. The number of nitroso groups, excluding NO2 is 1. The zero-order valence-electron chi connectivity index (χ0n) is 17.7. The lowest BCUT2D eigenvalue weighted by atomic mass is 9.92. The molecule has 7 nitrogen and oxygen atoms in total. The van der Waals surface area contributed by atoms with Crippen LogP contribution in [0.2, 0.25) is 0 Å². The molecule has 0 saturated carbocycles. The number of nitrogens with zero attached hydrogens (tertiary/aromatic N) is 2. The van der Waals surface area contributed by atoms with Gasteiger partial charge in [0.2, 0.25) is 0 Å². The Hall–Kier alpha value is -3.22. The van der Waals surface area contributed by atoms with E-state index in [-0.39, 0.29) is 6.04 Å². The van der Waals surface area contributed by atoms with Crippen LogP contribution in [0.4, 0.5) is 0 Å². The Labute approximate surface area is 175 Å². The van der Waals surface area contributed by atoms with Crippen LogP contribution in [0.15, 0.2) is 35.6 Å². The van der Waals surface area contributed by atoms with Crippen molar-refractivity contribution in [1.29, 1.82) is 0 Å². The Morgan fingerprint density at radius 1 is 0.933 bits per heavy atom. The Bertz CT molecular complexity index is 1100. The third kappa shape index (κ3) is 3.24. The van der Waals surface area contributed by atoms with Crippen molar-refractivity contribution < 1.29 is 18.9 Å². The number of methoxy groups -OCH3 is 4. The maximum Gasteiger partial charge on any atom is 0.169 e. The predicted octanol–water partition coefficient (Wildman–Crippen LogP) is 4.72. The van der Waals surface area contributed by atoms with E-state index in [2.05, 4.69) is 11.4 Å². The minimum absolute atomic E-state index is 0.0939. The first kappa shape index (κ1) is 20.1. The lowest BCUT2D eigenvalue weighted by Crippen LogP contribution is -2.25. The summed E-state index contributed by atoms with van der Waals surface area (Å²) in [4.78, 5) is 11.2. The molecule has 0 N–H and O–H groups in total. The molecule has 1 aliphatic heterocycles. The van der Waals surface area contributed by atoms with E-state index >= 15 is 0 Å². The lowest BCUT2D eigenvalue weighted by molar-refractivity contribution is 0.262. The van der Waals surface area contributed by atoms with Gasteiger partial charge in [-0.25, -0.2) is 0 Å². The molecule has 1 unspecified atom stereocenters. The Morgan fingerprint density at radius 3 is 2.27 bits per heavy atom. The molecule has 3 aromatic carbocycles. The summed E-state index contributed by atoms with van der Waals surface area (Å²) < 4.78 is 22.4. The van der Waals surface area contributed by atoms with Crippen LogP contribution in [0.1, 0.15) is 18.4 Å². The van der Waals surface area contributed by atoms with Crippen molar-refractivity contribution >= 4 is 21.5 Å². The molecule has 1 heterocycles. The van der Waals surface area contributed by atoms with Gasteiger partial charge in [-0.15, -0.1) is 4.91 Å². The Kier molecular flexibility index (Phi) is 5.53. The van der Waals surface area contributed by atoms with Crippen LogP contribution in [0.5, 0.6) is 23.0 Å². The smallest absolute Gasteiger partial charge is 0.169 e. The van der Waals surface area contributed by atoms with E-state index in [1.807, 2.05) is 24.3 Å². The van der Waals surface area contributed by atoms with Crippen LogP contribution in [-0.2, 0) is 6.42 Å².